The topological polar surface area (TPSA) is 70.1 Å². The number of ether oxygens (including phenoxy) is 1. The molecule has 2 aliphatic heterocycles. The number of carbonyl (C=O) groups excluding carboxylic acids is 1. The fourth-order valence-electron chi connectivity index (χ4n) is 2.01. The number of rotatable bonds is 1. The summed E-state index contributed by atoms with van der Waals surface area (Å²) in [6.45, 7) is 3.50. The van der Waals surface area contributed by atoms with E-state index >= 15 is 0 Å². The van der Waals surface area contributed by atoms with Crippen LogP contribution in [0, 0.1) is 0 Å². The molecule has 96 valence electrons. The predicted molar refractivity (Wildman–Crippen MR) is 63.0 cm³/mol. The number of carboxylic acids is 1. The molecule has 1 unspecified atom stereocenters. The molecule has 2 amide bonds. The van der Waals surface area contributed by atoms with Gasteiger partial charge in [0.25, 0.3) is 0 Å². The average Bonchev–Trinajstić information content (AvgIpc) is 2.77. The summed E-state index contributed by atoms with van der Waals surface area (Å²) in [5, 5.41) is 9.03. The van der Waals surface area contributed by atoms with Gasteiger partial charge in [0.1, 0.15) is 6.04 Å². The lowest BCUT2D eigenvalue weighted by Gasteiger charge is -2.34. The lowest BCUT2D eigenvalue weighted by molar-refractivity contribution is -0.141. The lowest BCUT2D eigenvalue weighted by atomic mass is 10.3. The highest BCUT2D eigenvalue weighted by atomic mass is 32.2. The van der Waals surface area contributed by atoms with Crippen molar-refractivity contribution in [1.82, 2.24) is 9.80 Å². The number of urea groups is 1. The molecule has 6 nitrogen and oxygen atoms in total. The first kappa shape index (κ1) is 12.5. The maximum Gasteiger partial charge on any atom is 0.327 e. The van der Waals surface area contributed by atoms with Crippen LogP contribution >= 0.6 is 11.8 Å². The number of aliphatic carboxylic acids is 1. The molecule has 0 bridgehead atoms. The molecule has 2 aliphatic rings. The van der Waals surface area contributed by atoms with Gasteiger partial charge in [0.05, 0.1) is 18.6 Å². The number of hydrogen-bond acceptors (Lipinski definition) is 4. The summed E-state index contributed by atoms with van der Waals surface area (Å²) >= 11 is 1.48. The van der Waals surface area contributed by atoms with Gasteiger partial charge in [-0.05, 0) is 6.92 Å². The Kier molecular flexibility index (Phi) is 3.78. The summed E-state index contributed by atoms with van der Waals surface area (Å²) in [7, 11) is 0. The van der Waals surface area contributed by atoms with Crippen LogP contribution in [-0.4, -0.2) is 70.4 Å². The van der Waals surface area contributed by atoms with Gasteiger partial charge < -0.3 is 19.6 Å². The molecular weight excluding hydrogens is 244 g/mol. The van der Waals surface area contributed by atoms with E-state index in [1.54, 1.807) is 4.90 Å². The van der Waals surface area contributed by atoms with E-state index in [-0.39, 0.29) is 12.1 Å². The minimum Gasteiger partial charge on any atom is -0.480 e. The maximum atomic E-state index is 12.2. The van der Waals surface area contributed by atoms with Crippen molar-refractivity contribution >= 4 is 23.8 Å². The number of hydrogen-bond donors (Lipinski definition) is 1. The van der Waals surface area contributed by atoms with Crippen LogP contribution in [0.4, 0.5) is 4.79 Å². The van der Waals surface area contributed by atoms with E-state index in [2.05, 4.69) is 0 Å². The van der Waals surface area contributed by atoms with Crippen molar-refractivity contribution in [2.75, 3.05) is 31.3 Å². The van der Waals surface area contributed by atoms with Crippen molar-refractivity contribution in [3.05, 3.63) is 0 Å². The Morgan fingerprint density at radius 3 is 2.88 bits per heavy atom. The number of thioether (sulfide) groups is 1. The highest BCUT2D eigenvalue weighted by Crippen LogP contribution is 2.23. The van der Waals surface area contributed by atoms with Crippen LogP contribution in [0.1, 0.15) is 6.92 Å². The van der Waals surface area contributed by atoms with Crippen LogP contribution in [0.3, 0.4) is 0 Å². The Morgan fingerprint density at radius 2 is 2.24 bits per heavy atom. The standard InChI is InChI=1S/C10H16N2O4S/c1-7-4-11(2-3-16-7)10(15)12-6-17-5-8(12)9(13)14/h7-8H,2-6H2,1H3,(H,13,14)/t7?,8-/m0/s1. The zero-order valence-corrected chi connectivity index (χ0v) is 10.5. The fourth-order valence-corrected chi connectivity index (χ4v) is 3.15. The minimum atomic E-state index is -0.926. The zero-order chi connectivity index (χ0) is 12.4. The quantitative estimate of drug-likeness (QED) is 0.733. The third kappa shape index (κ3) is 2.66. The Balaban J connectivity index is 2.01. The molecule has 0 aromatic heterocycles. The number of carboxylic acid groups (broad SMARTS) is 1. The summed E-state index contributed by atoms with van der Waals surface area (Å²) < 4.78 is 5.36. The van der Waals surface area contributed by atoms with Gasteiger partial charge in [-0.25, -0.2) is 9.59 Å². The van der Waals surface area contributed by atoms with E-state index in [0.29, 0.717) is 31.3 Å². The van der Waals surface area contributed by atoms with E-state index in [1.807, 2.05) is 6.92 Å². The smallest absolute Gasteiger partial charge is 0.327 e. The largest absolute Gasteiger partial charge is 0.480 e. The van der Waals surface area contributed by atoms with Crippen LogP contribution in [0.5, 0.6) is 0 Å². The number of amides is 2. The monoisotopic (exact) mass is 260 g/mol. The van der Waals surface area contributed by atoms with Gasteiger partial charge in [0.15, 0.2) is 0 Å². The third-order valence-electron chi connectivity index (χ3n) is 2.92. The molecule has 2 heterocycles. The van der Waals surface area contributed by atoms with Gasteiger partial charge in [-0.3, -0.25) is 0 Å². The van der Waals surface area contributed by atoms with Crippen LogP contribution in [0.2, 0.25) is 0 Å². The zero-order valence-electron chi connectivity index (χ0n) is 9.66. The Morgan fingerprint density at radius 1 is 1.47 bits per heavy atom. The summed E-state index contributed by atoms with van der Waals surface area (Å²) in [4.78, 5) is 26.3. The molecule has 2 saturated heterocycles. The first-order chi connectivity index (χ1) is 8.09. The minimum absolute atomic E-state index is 0.0197. The van der Waals surface area contributed by atoms with E-state index in [4.69, 9.17) is 9.84 Å². The molecule has 0 spiro atoms. The van der Waals surface area contributed by atoms with E-state index in [9.17, 15) is 9.59 Å². The molecule has 0 saturated carbocycles. The molecule has 17 heavy (non-hydrogen) atoms. The molecule has 0 aromatic carbocycles. The van der Waals surface area contributed by atoms with Gasteiger partial charge in [-0.2, -0.15) is 0 Å². The predicted octanol–water partition coefficient (Wildman–Crippen LogP) is 0.287. The van der Waals surface area contributed by atoms with Gasteiger partial charge in [-0.15, -0.1) is 11.8 Å². The molecule has 0 aromatic rings. The molecule has 7 heteroatoms. The molecule has 2 atom stereocenters. The van der Waals surface area contributed by atoms with Gasteiger partial charge in [0, 0.05) is 18.8 Å². The Bertz CT molecular complexity index is 325. The van der Waals surface area contributed by atoms with Crippen molar-refractivity contribution < 1.29 is 19.4 Å². The van der Waals surface area contributed by atoms with Crippen molar-refractivity contribution in [3.8, 4) is 0 Å². The lowest BCUT2D eigenvalue weighted by Crippen LogP contribution is -2.53. The maximum absolute atomic E-state index is 12.2. The molecule has 0 aliphatic carbocycles. The second kappa shape index (κ2) is 5.14. The number of carbonyl (C=O) groups is 2. The summed E-state index contributed by atoms with van der Waals surface area (Å²) in [5.74, 6) is 0.00680. The van der Waals surface area contributed by atoms with Crippen LogP contribution in [0.15, 0.2) is 0 Å². The summed E-state index contributed by atoms with van der Waals surface area (Å²) in [6, 6.07) is -0.872. The normalized spacial score (nSPS) is 29.5. The number of morpholine rings is 1. The molecule has 2 fully saturated rings. The molecule has 1 N–H and O–H groups in total. The highest BCUT2D eigenvalue weighted by Gasteiger charge is 2.37. The first-order valence-electron chi connectivity index (χ1n) is 5.57. The third-order valence-corrected chi connectivity index (χ3v) is 3.94. The molecule has 0 radical (unpaired) electrons. The van der Waals surface area contributed by atoms with Crippen molar-refractivity contribution in [2.45, 2.75) is 19.1 Å². The number of nitrogens with zero attached hydrogens (tertiary/aromatic N) is 2. The van der Waals surface area contributed by atoms with Crippen LogP contribution in [-0.2, 0) is 9.53 Å². The van der Waals surface area contributed by atoms with Gasteiger partial charge >= 0.3 is 12.0 Å². The molecule has 2 rings (SSSR count). The van der Waals surface area contributed by atoms with Gasteiger partial charge in [-0.1, -0.05) is 0 Å². The molecular formula is C10H16N2O4S. The summed E-state index contributed by atoms with van der Waals surface area (Å²) in [6.07, 6.45) is 0.0197. The first-order valence-corrected chi connectivity index (χ1v) is 6.72. The van der Waals surface area contributed by atoms with E-state index in [1.165, 1.54) is 16.7 Å². The van der Waals surface area contributed by atoms with Crippen molar-refractivity contribution in [3.63, 3.8) is 0 Å². The van der Waals surface area contributed by atoms with Crippen molar-refractivity contribution in [2.24, 2.45) is 0 Å². The van der Waals surface area contributed by atoms with E-state index < -0.39 is 12.0 Å². The SMILES string of the molecule is CC1CN(C(=O)N2CSC[C@H]2C(=O)O)CCO1. The van der Waals surface area contributed by atoms with Crippen LogP contribution < -0.4 is 0 Å². The average molecular weight is 260 g/mol. The van der Waals surface area contributed by atoms with Gasteiger partial charge in [0.2, 0.25) is 0 Å². The Labute approximate surface area is 104 Å². The summed E-state index contributed by atoms with van der Waals surface area (Å²) in [5.41, 5.74) is 0. The second-order valence-electron chi connectivity index (χ2n) is 4.23. The fraction of sp³-hybridized carbons (Fsp3) is 0.800. The highest BCUT2D eigenvalue weighted by molar-refractivity contribution is 7.99. The van der Waals surface area contributed by atoms with E-state index in [0.717, 1.165) is 0 Å². The van der Waals surface area contributed by atoms with Crippen molar-refractivity contribution in [1.29, 1.82) is 0 Å². The second-order valence-corrected chi connectivity index (χ2v) is 5.23. The van der Waals surface area contributed by atoms with Crippen LogP contribution in [0.25, 0.3) is 0 Å². The Hall–Kier alpha value is -0.950.